The molecule has 5 heteroatoms. The first-order valence-electron chi connectivity index (χ1n) is 5.89. The number of carbonyl (C=O) groups is 1. The van der Waals surface area contributed by atoms with E-state index in [9.17, 15) is 4.79 Å². The van der Waals surface area contributed by atoms with E-state index in [-0.39, 0.29) is 30.3 Å². The number of nitrogens with two attached hydrogens (primary N) is 1. The lowest BCUT2D eigenvalue weighted by atomic mass is 9.91. The molecule has 0 radical (unpaired) electrons. The van der Waals surface area contributed by atoms with Crippen molar-refractivity contribution in [1.29, 1.82) is 0 Å². The molecule has 1 saturated heterocycles. The predicted octanol–water partition coefficient (Wildman–Crippen LogP) is 0.831. The Morgan fingerprint density at radius 2 is 2.12 bits per heavy atom. The molecule has 2 rings (SSSR count). The monoisotopic (exact) mass is 248 g/mol. The number of halogens is 1. The summed E-state index contributed by atoms with van der Waals surface area (Å²) in [4.78, 5) is 11.8. The molecule has 0 spiro atoms. The first-order chi connectivity index (χ1) is 7.25. The maximum absolute atomic E-state index is 11.8. The fraction of sp³-hybridized carbons (Fsp3) is 0.909. The van der Waals surface area contributed by atoms with E-state index in [0.29, 0.717) is 12.6 Å². The van der Waals surface area contributed by atoms with E-state index in [4.69, 9.17) is 10.5 Å². The van der Waals surface area contributed by atoms with Gasteiger partial charge >= 0.3 is 0 Å². The number of carbonyl (C=O) groups excluding carboxylic acids is 1. The number of hydrogen-bond donors (Lipinski definition) is 2. The lowest BCUT2D eigenvalue weighted by molar-refractivity contribution is -0.125. The zero-order valence-electron chi connectivity index (χ0n) is 9.48. The predicted molar refractivity (Wildman–Crippen MR) is 64.5 cm³/mol. The van der Waals surface area contributed by atoms with Crippen LogP contribution in [0.4, 0.5) is 0 Å². The molecule has 2 fully saturated rings. The maximum atomic E-state index is 11.8. The van der Waals surface area contributed by atoms with Crippen molar-refractivity contribution in [3.05, 3.63) is 0 Å². The van der Waals surface area contributed by atoms with Crippen molar-refractivity contribution in [3.63, 3.8) is 0 Å². The molecular formula is C11H21ClN2O2. The smallest absolute Gasteiger partial charge is 0.225 e. The van der Waals surface area contributed by atoms with Gasteiger partial charge in [-0.2, -0.15) is 0 Å². The molecule has 4 nitrogen and oxygen atoms in total. The van der Waals surface area contributed by atoms with Crippen LogP contribution in [0.3, 0.4) is 0 Å². The van der Waals surface area contributed by atoms with Crippen molar-refractivity contribution in [3.8, 4) is 0 Å². The Kier molecular flexibility index (Phi) is 5.52. The van der Waals surface area contributed by atoms with Gasteiger partial charge in [0.25, 0.3) is 0 Å². The summed E-state index contributed by atoms with van der Waals surface area (Å²) in [5.41, 5.74) is 5.88. The van der Waals surface area contributed by atoms with Crippen LogP contribution in [0, 0.1) is 5.92 Å². The molecule has 94 valence electrons. The van der Waals surface area contributed by atoms with Gasteiger partial charge in [0.05, 0.1) is 12.5 Å². The fourth-order valence-electron chi connectivity index (χ4n) is 2.42. The molecule has 0 aromatic rings. The standard InChI is InChI=1S/C11H20N2O2.ClH/c12-9-2-1-3-10(6-9)13-11(14)8-4-5-15-7-8;/h8-10H,1-7,12H2,(H,13,14);1H. The highest BCUT2D eigenvalue weighted by molar-refractivity contribution is 5.85. The SMILES string of the molecule is Cl.NC1CCCC(NC(=O)C2CCOC2)C1. The van der Waals surface area contributed by atoms with Crippen LogP contribution in [-0.2, 0) is 9.53 Å². The van der Waals surface area contributed by atoms with Gasteiger partial charge in [0.15, 0.2) is 0 Å². The summed E-state index contributed by atoms with van der Waals surface area (Å²) in [7, 11) is 0. The minimum atomic E-state index is 0. The Morgan fingerprint density at radius 3 is 2.75 bits per heavy atom. The molecule has 3 atom stereocenters. The Bertz CT molecular complexity index is 232. The topological polar surface area (TPSA) is 64.3 Å². The highest BCUT2D eigenvalue weighted by Crippen LogP contribution is 2.18. The van der Waals surface area contributed by atoms with E-state index < -0.39 is 0 Å². The van der Waals surface area contributed by atoms with Crippen LogP contribution in [0.2, 0.25) is 0 Å². The molecular weight excluding hydrogens is 228 g/mol. The molecule has 1 aliphatic heterocycles. The Morgan fingerprint density at radius 1 is 1.31 bits per heavy atom. The minimum absolute atomic E-state index is 0. The normalized spacial score (nSPS) is 34.2. The molecule has 16 heavy (non-hydrogen) atoms. The second kappa shape index (κ2) is 6.42. The highest BCUT2D eigenvalue weighted by Gasteiger charge is 2.27. The van der Waals surface area contributed by atoms with Gasteiger partial charge in [0.1, 0.15) is 0 Å². The van der Waals surface area contributed by atoms with Crippen LogP contribution in [0.1, 0.15) is 32.1 Å². The third kappa shape index (κ3) is 3.61. The van der Waals surface area contributed by atoms with Crippen LogP contribution in [0.5, 0.6) is 0 Å². The average Bonchev–Trinajstić information content (AvgIpc) is 2.70. The number of ether oxygens (including phenoxy) is 1. The number of hydrogen-bond acceptors (Lipinski definition) is 3. The zero-order valence-corrected chi connectivity index (χ0v) is 10.3. The van der Waals surface area contributed by atoms with Crippen LogP contribution >= 0.6 is 12.4 Å². The Balaban J connectivity index is 0.00000128. The van der Waals surface area contributed by atoms with Gasteiger partial charge in [0, 0.05) is 18.7 Å². The molecule has 3 unspecified atom stereocenters. The van der Waals surface area contributed by atoms with Crippen molar-refractivity contribution in [2.24, 2.45) is 11.7 Å². The summed E-state index contributed by atoms with van der Waals surface area (Å²) in [5.74, 6) is 0.231. The van der Waals surface area contributed by atoms with Crippen LogP contribution < -0.4 is 11.1 Å². The van der Waals surface area contributed by atoms with E-state index in [0.717, 1.165) is 38.7 Å². The second-order valence-corrected chi connectivity index (χ2v) is 4.69. The summed E-state index contributed by atoms with van der Waals surface area (Å²) >= 11 is 0. The molecule has 2 aliphatic rings. The number of amides is 1. The lowest BCUT2D eigenvalue weighted by Gasteiger charge is -2.28. The number of nitrogens with one attached hydrogen (secondary N) is 1. The van der Waals surface area contributed by atoms with Crippen LogP contribution in [-0.4, -0.2) is 31.2 Å². The Hall–Kier alpha value is -0.320. The van der Waals surface area contributed by atoms with E-state index >= 15 is 0 Å². The first kappa shape index (κ1) is 13.7. The van der Waals surface area contributed by atoms with E-state index in [1.54, 1.807) is 0 Å². The summed E-state index contributed by atoms with van der Waals surface area (Å²) in [6, 6.07) is 0.561. The van der Waals surface area contributed by atoms with Crippen LogP contribution in [0.25, 0.3) is 0 Å². The van der Waals surface area contributed by atoms with E-state index in [1.165, 1.54) is 0 Å². The minimum Gasteiger partial charge on any atom is -0.381 e. The zero-order chi connectivity index (χ0) is 10.7. The van der Waals surface area contributed by atoms with Gasteiger partial charge in [-0.15, -0.1) is 12.4 Å². The van der Waals surface area contributed by atoms with Gasteiger partial charge < -0.3 is 15.8 Å². The highest BCUT2D eigenvalue weighted by atomic mass is 35.5. The van der Waals surface area contributed by atoms with E-state index in [1.807, 2.05) is 0 Å². The van der Waals surface area contributed by atoms with Gasteiger partial charge in [-0.3, -0.25) is 4.79 Å². The molecule has 0 aromatic heterocycles. The van der Waals surface area contributed by atoms with Crippen molar-refractivity contribution >= 4 is 18.3 Å². The largest absolute Gasteiger partial charge is 0.381 e. The molecule has 3 N–H and O–H groups in total. The summed E-state index contributed by atoms with van der Waals surface area (Å²) in [6.45, 7) is 1.31. The van der Waals surface area contributed by atoms with Gasteiger partial charge in [-0.25, -0.2) is 0 Å². The van der Waals surface area contributed by atoms with Crippen molar-refractivity contribution in [1.82, 2.24) is 5.32 Å². The molecule has 1 amide bonds. The summed E-state index contributed by atoms with van der Waals surface area (Å²) < 4.78 is 5.20. The Labute approximate surface area is 103 Å². The van der Waals surface area contributed by atoms with Crippen molar-refractivity contribution in [2.75, 3.05) is 13.2 Å². The van der Waals surface area contributed by atoms with Gasteiger partial charge in [-0.05, 0) is 32.1 Å². The quantitative estimate of drug-likeness (QED) is 0.761. The van der Waals surface area contributed by atoms with E-state index in [2.05, 4.69) is 5.32 Å². The molecule has 0 aromatic carbocycles. The lowest BCUT2D eigenvalue weighted by Crippen LogP contribution is -2.44. The average molecular weight is 249 g/mol. The third-order valence-corrected chi connectivity index (χ3v) is 3.36. The van der Waals surface area contributed by atoms with Crippen molar-refractivity contribution < 1.29 is 9.53 Å². The molecule has 1 aliphatic carbocycles. The first-order valence-corrected chi connectivity index (χ1v) is 5.89. The van der Waals surface area contributed by atoms with Crippen LogP contribution in [0.15, 0.2) is 0 Å². The van der Waals surface area contributed by atoms with Gasteiger partial charge in [-0.1, -0.05) is 0 Å². The maximum Gasteiger partial charge on any atom is 0.225 e. The fourth-order valence-corrected chi connectivity index (χ4v) is 2.42. The third-order valence-electron chi connectivity index (χ3n) is 3.36. The number of rotatable bonds is 2. The molecule has 0 bridgehead atoms. The molecule has 1 saturated carbocycles. The summed E-state index contributed by atoms with van der Waals surface area (Å²) in [5, 5.41) is 3.09. The second-order valence-electron chi connectivity index (χ2n) is 4.69. The van der Waals surface area contributed by atoms with Gasteiger partial charge in [0.2, 0.25) is 5.91 Å². The summed E-state index contributed by atoms with van der Waals surface area (Å²) in [6.07, 6.45) is 5.10. The molecule has 1 heterocycles. The van der Waals surface area contributed by atoms with Crippen molar-refractivity contribution in [2.45, 2.75) is 44.2 Å².